The maximum absolute atomic E-state index is 12.8. The number of carbonyl (C=O) groups excluding carboxylic acids is 1. The molecule has 1 aromatic carbocycles. The van der Waals surface area contributed by atoms with Crippen LogP contribution in [0.3, 0.4) is 0 Å². The van der Waals surface area contributed by atoms with Gasteiger partial charge in [0.2, 0.25) is 0 Å². The van der Waals surface area contributed by atoms with Gasteiger partial charge in [-0.1, -0.05) is 37.3 Å². The molecule has 1 atom stereocenters. The highest BCUT2D eigenvalue weighted by molar-refractivity contribution is 7.92. The van der Waals surface area contributed by atoms with Crippen molar-refractivity contribution in [2.45, 2.75) is 18.8 Å². The van der Waals surface area contributed by atoms with Crippen LogP contribution >= 0.6 is 0 Å². The largest absolute Gasteiger partial charge is 0.341 e. The van der Waals surface area contributed by atoms with Crippen LogP contribution in [0.5, 0.6) is 0 Å². The molecule has 124 valence electrons. The van der Waals surface area contributed by atoms with Gasteiger partial charge in [0.15, 0.2) is 21.4 Å². The molecule has 1 aromatic rings. The van der Waals surface area contributed by atoms with E-state index >= 15 is 0 Å². The Balaban J connectivity index is 2.02. The number of benzene rings is 1. The molecule has 0 bridgehead atoms. The van der Waals surface area contributed by atoms with E-state index in [4.69, 9.17) is 0 Å². The first-order valence-electron chi connectivity index (χ1n) is 7.89. The first-order chi connectivity index (χ1) is 11.5. The number of azo groups is 1. The molecule has 7 heteroatoms. The van der Waals surface area contributed by atoms with Gasteiger partial charge in [-0.05, 0) is 12.0 Å². The van der Waals surface area contributed by atoms with Gasteiger partial charge >= 0.3 is 0 Å². The Hall–Kier alpha value is -2.28. The second-order valence-corrected chi connectivity index (χ2v) is 8.35. The Bertz CT molecular complexity index is 929. The number of sulfone groups is 1. The molecule has 0 saturated heterocycles. The summed E-state index contributed by atoms with van der Waals surface area (Å²) in [7, 11) is -3.44. The van der Waals surface area contributed by atoms with Crippen molar-refractivity contribution in [1.29, 1.82) is 0 Å². The van der Waals surface area contributed by atoms with Gasteiger partial charge in [0.05, 0.1) is 17.7 Å². The SMILES string of the molecule is CCC1(c2ccccc2)C2=C(N=NC2)NC2=C1C(=O)CS(=O)(=O)C2. The summed E-state index contributed by atoms with van der Waals surface area (Å²) in [6.45, 7) is 2.43. The molecule has 4 rings (SSSR count). The number of carbonyl (C=O) groups is 1. The molecule has 0 fully saturated rings. The lowest BCUT2D eigenvalue weighted by atomic mass is 9.64. The Kier molecular flexibility index (Phi) is 3.25. The van der Waals surface area contributed by atoms with Gasteiger partial charge < -0.3 is 5.32 Å². The molecule has 3 aliphatic heterocycles. The van der Waals surface area contributed by atoms with Crippen LogP contribution < -0.4 is 5.32 Å². The van der Waals surface area contributed by atoms with Crippen molar-refractivity contribution < 1.29 is 13.2 Å². The summed E-state index contributed by atoms with van der Waals surface area (Å²) >= 11 is 0. The van der Waals surface area contributed by atoms with Gasteiger partial charge in [0.1, 0.15) is 5.75 Å². The normalized spacial score (nSPS) is 27.8. The third-order valence-electron chi connectivity index (χ3n) is 4.99. The number of hydrogen-bond donors (Lipinski definition) is 1. The fourth-order valence-electron chi connectivity index (χ4n) is 4.06. The Morgan fingerprint density at radius 3 is 2.67 bits per heavy atom. The fraction of sp³-hybridized carbons (Fsp3) is 0.353. The zero-order valence-electron chi connectivity index (χ0n) is 13.2. The predicted octanol–water partition coefficient (Wildman–Crippen LogP) is 1.87. The fourth-order valence-corrected chi connectivity index (χ4v) is 5.36. The lowest BCUT2D eigenvalue weighted by molar-refractivity contribution is -0.114. The van der Waals surface area contributed by atoms with Crippen molar-refractivity contribution in [3.05, 3.63) is 58.6 Å². The standard InChI is InChI=1S/C17H17N3O3S/c1-2-17(11-6-4-3-5-7-11)12-8-18-20-16(12)19-13-9-24(22,23)10-14(21)15(13)17/h3-7,19H,2,8-10H2,1H3. The smallest absolute Gasteiger partial charge is 0.176 e. The number of dihydropyridines is 1. The highest BCUT2D eigenvalue weighted by Crippen LogP contribution is 2.49. The predicted molar refractivity (Wildman–Crippen MR) is 89.0 cm³/mol. The van der Waals surface area contributed by atoms with Crippen LogP contribution in [0.4, 0.5) is 0 Å². The molecule has 0 aliphatic carbocycles. The summed E-state index contributed by atoms with van der Waals surface area (Å²) in [6, 6.07) is 9.76. The van der Waals surface area contributed by atoms with E-state index in [0.717, 1.165) is 11.1 Å². The minimum Gasteiger partial charge on any atom is -0.341 e. The lowest BCUT2D eigenvalue weighted by Crippen LogP contribution is -2.47. The number of nitrogens with one attached hydrogen (secondary N) is 1. The van der Waals surface area contributed by atoms with Crippen LogP contribution in [0, 0.1) is 0 Å². The van der Waals surface area contributed by atoms with Crippen LogP contribution in [0.2, 0.25) is 0 Å². The molecule has 3 aliphatic rings. The number of rotatable bonds is 2. The maximum Gasteiger partial charge on any atom is 0.176 e. The molecule has 1 unspecified atom stereocenters. The molecule has 24 heavy (non-hydrogen) atoms. The van der Waals surface area contributed by atoms with Gasteiger partial charge in [-0.25, -0.2) is 8.42 Å². The molecule has 0 saturated carbocycles. The van der Waals surface area contributed by atoms with E-state index in [1.54, 1.807) is 0 Å². The second kappa shape index (κ2) is 5.11. The van der Waals surface area contributed by atoms with Crippen LogP contribution in [0.1, 0.15) is 18.9 Å². The number of nitrogens with zero attached hydrogens (tertiary/aromatic N) is 2. The van der Waals surface area contributed by atoms with E-state index in [2.05, 4.69) is 15.5 Å². The first kappa shape index (κ1) is 15.3. The van der Waals surface area contributed by atoms with Gasteiger partial charge in [-0.2, -0.15) is 5.11 Å². The second-order valence-electron chi connectivity index (χ2n) is 6.29. The molecular formula is C17H17N3O3S. The Labute approximate surface area is 140 Å². The maximum atomic E-state index is 12.8. The van der Waals surface area contributed by atoms with Crippen molar-refractivity contribution in [1.82, 2.24) is 5.32 Å². The van der Waals surface area contributed by atoms with Crippen LogP contribution in [-0.4, -0.2) is 32.3 Å². The van der Waals surface area contributed by atoms with Crippen LogP contribution in [0.25, 0.3) is 0 Å². The minimum absolute atomic E-state index is 0.158. The zero-order chi connectivity index (χ0) is 16.9. The van der Waals surface area contributed by atoms with E-state index in [0.29, 0.717) is 30.1 Å². The Morgan fingerprint density at radius 2 is 1.96 bits per heavy atom. The molecule has 1 N–H and O–H groups in total. The van der Waals surface area contributed by atoms with Gasteiger partial charge in [0.25, 0.3) is 0 Å². The van der Waals surface area contributed by atoms with E-state index in [1.807, 2.05) is 37.3 Å². The van der Waals surface area contributed by atoms with Gasteiger partial charge in [-0.3, -0.25) is 4.79 Å². The van der Waals surface area contributed by atoms with Crippen molar-refractivity contribution in [2.75, 3.05) is 18.1 Å². The molecule has 0 aromatic heterocycles. The monoisotopic (exact) mass is 343 g/mol. The van der Waals surface area contributed by atoms with E-state index in [9.17, 15) is 13.2 Å². The third-order valence-corrected chi connectivity index (χ3v) is 6.42. The van der Waals surface area contributed by atoms with E-state index in [-0.39, 0.29) is 11.5 Å². The average molecular weight is 343 g/mol. The highest BCUT2D eigenvalue weighted by Gasteiger charge is 2.51. The summed E-state index contributed by atoms with van der Waals surface area (Å²) < 4.78 is 24.2. The van der Waals surface area contributed by atoms with E-state index in [1.165, 1.54) is 0 Å². The quantitative estimate of drug-likeness (QED) is 0.888. The third kappa shape index (κ3) is 2.00. The minimum atomic E-state index is -3.44. The number of Topliss-reactive ketones (excluding diaryl/α,β-unsaturated/α-hetero) is 1. The summed E-state index contributed by atoms with van der Waals surface area (Å²) in [6.07, 6.45) is 0.646. The summed E-state index contributed by atoms with van der Waals surface area (Å²) in [5, 5.41) is 11.3. The average Bonchev–Trinajstić information content (AvgIpc) is 3.01. The molecular weight excluding hydrogens is 326 g/mol. The van der Waals surface area contributed by atoms with Crippen molar-refractivity contribution in [3.63, 3.8) is 0 Å². The molecule has 6 nitrogen and oxygen atoms in total. The van der Waals surface area contributed by atoms with Gasteiger partial charge in [0, 0.05) is 16.8 Å². The lowest BCUT2D eigenvalue weighted by Gasteiger charge is -2.42. The highest BCUT2D eigenvalue weighted by atomic mass is 32.2. The van der Waals surface area contributed by atoms with Crippen LogP contribution in [-0.2, 0) is 20.0 Å². The number of allylic oxidation sites excluding steroid dienone is 1. The molecule has 3 heterocycles. The molecule has 0 radical (unpaired) electrons. The topological polar surface area (TPSA) is 88.0 Å². The van der Waals surface area contributed by atoms with Gasteiger partial charge in [-0.15, -0.1) is 5.11 Å². The van der Waals surface area contributed by atoms with E-state index < -0.39 is 21.0 Å². The van der Waals surface area contributed by atoms with Crippen molar-refractivity contribution in [3.8, 4) is 0 Å². The molecule has 0 amide bonds. The summed E-state index contributed by atoms with van der Waals surface area (Å²) in [4.78, 5) is 12.8. The van der Waals surface area contributed by atoms with Crippen molar-refractivity contribution >= 4 is 15.6 Å². The van der Waals surface area contributed by atoms with Crippen LogP contribution in [0.15, 0.2) is 63.2 Å². The first-order valence-corrected chi connectivity index (χ1v) is 9.71. The summed E-state index contributed by atoms with van der Waals surface area (Å²) in [5.41, 5.74) is 2.29. The van der Waals surface area contributed by atoms with Crippen molar-refractivity contribution in [2.24, 2.45) is 10.2 Å². The molecule has 0 spiro atoms. The number of hydrogen-bond acceptors (Lipinski definition) is 6. The zero-order valence-corrected chi connectivity index (χ0v) is 14.1. The Morgan fingerprint density at radius 1 is 1.21 bits per heavy atom. The number of ketones is 1. The summed E-state index contributed by atoms with van der Waals surface area (Å²) in [5.74, 6) is -0.328.